The van der Waals surface area contributed by atoms with E-state index in [4.69, 9.17) is 4.74 Å². The molecule has 0 saturated carbocycles. The SMILES string of the molecule is CC(O)C1CN(C(=O)OC(C)(C)C)CCC1(F)F. The number of alkyl halides is 2. The molecule has 0 aromatic rings. The molecule has 0 aromatic heterocycles. The van der Waals surface area contributed by atoms with Crippen LogP contribution in [0.4, 0.5) is 13.6 Å². The number of piperidine rings is 1. The molecule has 0 aliphatic carbocycles. The zero-order valence-electron chi connectivity index (χ0n) is 11.2. The average Bonchev–Trinajstić information content (AvgIpc) is 2.13. The lowest BCUT2D eigenvalue weighted by molar-refractivity contribution is -0.137. The van der Waals surface area contributed by atoms with Crippen LogP contribution in [0.1, 0.15) is 34.1 Å². The molecule has 2 atom stereocenters. The summed E-state index contributed by atoms with van der Waals surface area (Å²) in [5, 5.41) is 9.39. The predicted molar refractivity (Wildman–Crippen MR) is 62.5 cm³/mol. The predicted octanol–water partition coefficient (Wildman–Crippen LogP) is 2.26. The number of amides is 1. The quantitative estimate of drug-likeness (QED) is 0.791. The summed E-state index contributed by atoms with van der Waals surface area (Å²) in [5.74, 6) is -4.18. The Morgan fingerprint density at radius 1 is 1.50 bits per heavy atom. The molecule has 6 heteroatoms. The normalized spacial score (nSPS) is 25.7. The molecule has 1 aliphatic rings. The van der Waals surface area contributed by atoms with Gasteiger partial charge in [-0.05, 0) is 27.7 Å². The highest BCUT2D eigenvalue weighted by Crippen LogP contribution is 2.35. The number of aliphatic hydroxyl groups excluding tert-OH is 1. The average molecular weight is 265 g/mol. The lowest BCUT2D eigenvalue weighted by Gasteiger charge is -2.39. The van der Waals surface area contributed by atoms with Gasteiger partial charge in [-0.2, -0.15) is 0 Å². The smallest absolute Gasteiger partial charge is 0.410 e. The molecular formula is C12H21F2NO3. The molecule has 0 bridgehead atoms. The number of carbonyl (C=O) groups excluding carboxylic acids is 1. The van der Waals surface area contributed by atoms with Crippen molar-refractivity contribution in [3.8, 4) is 0 Å². The van der Waals surface area contributed by atoms with Crippen LogP contribution >= 0.6 is 0 Å². The van der Waals surface area contributed by atoms with E-state index in [2.05, 4.69) is 0 Å². The number of nitrogens with zero attached hydrogens (tertiary/aromatic N) is 1. The Bertz CT molecular complexity index is 313. The minimum absolute atomic E-state index is 0.0505. The molecular weight excluding hydrogens is 244 g/mol. The van der Waals surface area contributed by atoms with Crippen LogP contribution in [0.15, 0.2) is 0 Å². The number of halogens is 2. The Morgan fingerprint density at radius 2 is 2.06 bits per heavy atom. The third kappa shape index (κ3) is 3.80. The highest BCUT2D eigenvalue weighted by molar-refractivity contribution is 5.68. The molecule has 1 rings (SSSR count). The number of aliphatic hydroxyl groups is 1. The van der Waals surface area contributed by atoms with E-state index in [-0.39, 0.29) is 13.1 Å². The molecule has 106 valence electrons. The Balaban J connectivity index is 2.69. The van der Waals surface area contributed by atoms with Crippen molar-refractivity contribution in [1.29, 1.82) is 0 Å². The molecule has 0 radical (unpaired) electrons. The van der Waals surface area contributed by atoms with E-state index in [1.807, 2.05) is 0 Å². The van der Waals surface area contributed by atoms with Gasteiger partial charge in [0.15, 0.2) is 0 Å². The highest BCUT2D eigenvalue weighted by atomic mass is 19.3. The minimum Gasteiger partial charge on any atom is -0.444 e. The first kappa shape index (κ1) is 15.1. The number of ether oxygens (including phenoxy) is 1. The number of hydrogen-bond acceptors (Lipinski definition) is 3. The summed E-state index contributed by atoms with van der Waals surface area (Å²) in [6.07, 6.45) is -2.21. The van der Waals surface area contributed by atoms with Crippen molar-refractivity contribution in [3.63, 3.8) is 0 Å². The van der Waals surface area contributed by atoms with Crippen molar-refractivity contribution in [3.05, 3.63) is 0 Å². The molecule has 0 spiro atoms. The summed E-state index contributed by atoms with van der Waals surface area (Å²) in [5.41, 5.74) is -0.655. The Morgan fingerprint density at radius 3 is 2.50 bits per heavy atom. The van der Waals surface area contributed by atoms with E-state index in [0.717, 1.165) is 0 Å². The largest absolute Gasteiger partial charge is 0.444 e. The van der Waals surface area contributed by atoms with Gasteiger partial charge in [0, 0.05) is 19.5 Å². The van der Waals surface area contributed by atoms with Gasteiger partial charge in [0.2, 0.25) is 0 Å². The van der Waals surface area contributed by atoms with Crippen LogP contribution in [0.25, 0.3) is 0 Å². The summed E-state index contributed by atoms with van der Waals surface area (Å²) in [4.78, 5) is 13.0. The number of hydrogen-bond donors (Lipinski definition) is 1. The van der Waals surface area contributed by atoms with Crippen LogP contribution in [0.2, 0.25) is 0 Å². The fourth-order valence-electron chi connectivity index (χ4n) is 1.93. The van der Waals surface area contributed by atoms with E-state index >= 15 is 0 Å². The van der Waals surface area contributed by atoms with E-state index in [1.54, 1.807) is 20.8 Å². The molecule has 1 heterocycles. The van der Waals surface area contributed by atoms with Gasteiger partial charge in [-0.15, -0.1) is 0 Å². The molecule has 1 amide bonds. The lowest BCUT2D eigenvalue weighted by Crippen LogP contribution is -2.53. The fourth-order valence-corrected chi connectivity index (χ4v) is 1.93. The van der Waals surface area contributed by atoms with Crippen LogP contribution in [0.3, 0.4) is 0 Å². The monoisotopic (exact) mass is 265 g/mol. The Hall–Kier alpha value is -0.910. The van der Waals surface area contributed by atoms with Crippen molar-refractivity contribution in [2.24, 2.45) is 5.92 Å². The maximum atomic E-state index is 13.6. The van der Waals surface area contributed by atoms with Crippen LogP contribution < -0.4 is 0 Å². The summed E-state index contributed by atoms with van der Waals surface area (Å²) in [6.45, 7) is 6.24. The van der Waals surface area contributed by atoms with Gasteiger partial charge in [0.05, 0.1) is 12.0 Å². The van der Waals surface area contributed by atoms with Crippen molar-refractivity contribution in [1.82, 2.24) is 4.90 Å². The number of likely N-dealkylation sites (tertiary alicyclic amines) is 1. The van der Waals surface area contributed by atoms with Crippen LogP contribution in [0.5, 0.6) is 0 Å². The standard InChI is InChI=1S/C12H21F2NO3/c1-8(16)9-7-15(6-5-12(9,13)14)10(17)18-11(2,3)4/h8-9,16H,5-7H2,1-4H3. The van der Waals surface area contributed by atoms with Gasteiger partial charge >= 0.3 is 6.09 Å². The van der Waals surface area contributed by atoms with Gasteiger partial charge in [-0.1, -0.05) is 0 Å². The maximum Gasteiger partial charge on any atom is 0.410 e. The van der Waals surface area contributed by atoms with Crippen molar-refractivity contribution in [2.75, 3.05) is 13.1 Å². The minimum atomic E-state index is -2.94. The van der Waals surface area contributed by atoms with Gasteiger partial charge in [0.25, 0.3) is 5.92 Å². The van der Waals surface area contributed by atoms with Crippen molar-refractivity contribution < 1.29 is 23.4 Å². The zero-order chi connectivity index (χ0) is 14.1. The molecule has 4 nitrogen and oxygen atoms in total. The molecule has 1 aliphatic heterocycles. The van der Waals surface area contributed by atoms with Crippen LogP contribution in [-0.2, 0) is 4.74 Å². The fraction of sp³-hybridized carbons (Fsp3) is 0.917. The zero-order valence-corrected chi connectivity index (χ0v) is 11.2. The molecule has 1 saturated heterocycles. The second-order valence-electron chi connectivity index (χ2n) is 5.78. The van der Waals surface area contributed by atoms with Crippen molar-refractivity contribution in [2.45, 2.75) is 51.7 Å². The first-order chi connectivity index (χ1) is 8.03. The molecule has 2 unspecified atom stereocenters. The molecule has 0 aromatic carbocycles. The van der Waals surface area contributed by atoms with Crippen LogP contribution in [0, 0.1) is 5.92 Å². The summed E-state index contributed by atoms with van der Waals surface area (Å²) < 4.78 is 32.2. The van der Waals surface area contributed by atoms with E-state index < -0.39 is 36.1 Å². The third-order valence-corrected chi connectivity index (χ3v) is 2.91. The first-order valence-electron chi connectivity index (χ1n) is 6.07. The Kier molecular flexibility index (Phi) is 4.20. The number of carbonyl (C=O) groups is 1. The lowest BCUT2D eigenvalue weighted by atomic mass is 9.89. The summed E-state index contributed by atoms with van der Waals surface area (Å²) >= 11 is 0. The van der Waals surface area contributed by atoms with Gasteiger partial charge < -0.3 is 14.7 Å². The molecule has 1 fully saturated rings. The second-order valence-corrected chi connectivity index (χ2v) is 5.78. The molecule has 1 N–H and O–H groups in total. The van der Waals surface area contributed by atoms with Gasteiger partial charge in [0.1, 0.15) is 5.60 Å². The van der Waals surface area contributed by atoms with E-state index in [9.17, 15) is 18.7 Å². The van der Waals surface area contributed by atoms with Gasteiger partial charge in [-0.3, -0.25) is 0 Å². The first-order valence-corrected chi connectivity index (χ1v) is 6.07. The maximum absolute atomic E-state index is 13.6. The summed E-state index contributed by atoms with van der Waals surface area (Å²) in [6, 6.07) is 0. The topological polar surface area (TPSA) is 49.8 Å². The highest BCUT2D eigenvalue weighted by Gasteiger charge is 2.47. The third-order valence-electron chi connectivity index (χ3n) is 2.91. The summed E-state index contributed by atoms with van der Waals surface area (Å²) in [7, 11) is 0. The van der Waals surface area contributed by atoms with E-state index in [0.29, 0.717) is 0 Å². The second kappa shape index (κ2) is 4.99. The Labute approximate surface area is 106 Å². The van der Waals surface area contributed by atoms with Gasteiger partial charge in [-0.25, -0.2) is 13.6 Å². The van der Waals surface area contributed by atoms with Crippen molar-refractivity contribution >= 4 is 6.09 Å². The van der Waals surface area contributed by atoms with Crippen LogP contribution in [-0.4, -0.2) is 46.8 Å². The number of rotatable bonds is 1. The van der Waals surface area contributed by atoms with E-state index in [1.165, 1.54) is 11.8 Å². The molecule has 18 heavy (non-hydrogen) atoms.